The van der Waals surface area contributed by atoms with Crippen molar-refractivity contribution in [1.82, 2.24) is 9.97 Å². The number of nitrogens with zero attached hydrogens (tertiary/aromatic N) is 2. The van der Waals surface area contributed by atoms with Gasteiger partial charge in [-0.15, -0.1) is 0 Å². The Bertz CT molecular complexity index is 478. The van der Waals surface area contributed by atoms with Crippen LogP contribution in [0.3, 0.4) is 0 Å². The molecule has 0 radical (unpaired) electrons. The molecule has 0 unspecified atom stereocenters. The number of nitrogens with one attached hydrogen (secondary N) is 1. The van der Waals surface area contributed by atoms with Crippen LogP contribution in [0.15, 0.2) is 6.07 Å². The molecule has 5 nitrogen and oxygen atoms in total. The lowest BCUT2D eigenvalue weighted by molar-refractivity contribution is -0.144. The first-order chi connectivity index (χ1) is 9.28. The molecule has 0 saturated carbocycles. The summed E-state index contributed by atoms with van der Waals surface area (Å²) >= 11 is 5.54. The Morgan fingerprint density at radius 1 is 1.35 bits per heavy atom. The van der Waals surface area contributed by atoms with E-state index in [1.165, 1.54) is 6.07 Å². The summed E-state index contributed by atoms with van der Waals surface area (Å²) in [7, 11) is 0. The maximum Gasteiger partial charge on any atom is 0.451 e. The Kier molecular flexibility index (Phi) is 4.36. The van der Waals surface area contributed by atoms with Gasteiger partial charge in [0.15, 0.2) is 0 Å². The molecule has 1 aliphatic heterocycles. The van der Waals surface area contributed by atoms with Crippen molar-refractivity contribution in [2.75, 3.05) is 25.1 Å². The smallest absolute Gasteiger partial charge is 0.388 e. The molecule has 0 aliphatic carbocycles. The standard InChI is InChI=1S/C11H13ClF3N3O2/c12-7-5-8(18-9(17-7)11(13,14)15)16-6-10(19)1-3-20-4-2-10/h5,19H,1-4,6H2,(H,16,17,18). The number of halogens is 4. The van der Waals surface area contributed by atoms with Crippen LogP contribution in [0.1, 0.15) is 18.7 Å². The normalized spacial score (nSPS) is 18.9. The highest BCUT2D eigenvalue weighted by Gasteiger charge is 2.36. The average Bonchev–Trinajstić information content (AvgIpc) is 2.36. The first kappa shape index (κ1) is 15.3. The van der Waals surface area contributed by atoms with Gasteiger partial charge in [-0.3, -0.25) is 0 Å². The summed E-state index contributed by atoms with van der Waals surface area (Å²) in [5, 5.41) is 12.5. The summed E-state index contributed by atoms with van der Waals surface area (Å²) in [5.41, 5.74) is -1.02. The molecule has 1 saturated heterocycles. The second kappa shape index (κ2) is 5.71. The fraction of sp³-hybridized carbons (Fsp3) is 0.636. The van der Waals surface area contributed by atoms with Crippen LogP contribution in [0.25, 0.3) is 0 Å². The lowest BCUT2D eigenvalue weighted by Crippen LogP contribution is -2.42. The average molecular weight is 312 g/mol. The van der Waals surface area contributed by atoms with Gasteiger partial charge < -0.3 is 15.2 Å². The van der Waals surface area contributed by atoms with Crippen LogP contribution < -0.4 is 5.32 Å². The lowest BCUT2D eigenvalue weighted by atomic mass is 9.94. The highest BCUT2D eigenvalue weighted by molar-refractivity contribution is 6.29. The second-order valence-electron chi connectivity index (χ2n) is 4.59. The van der Waals surface area contributed by atoms with E-state index in [1.807, 2.05) is 0 Å². The van der Waals surface area contributed by atoms with E-state index < -0.39 is 17.6 Å². The molecule has 0 bridgehead atoms. The van der Waals surface area contributed by atoms with Crippen molar-refractivity contribution in [3.8, 4) is 0 Å². The molecule has 20 heavy (non-hydrogen) atoms. The molecule has 1 fully saturated rings. The van der Waals surface area contributed by atoms with Crippen LogP contribution in [-0.4, -0.2) is 40.4 Å². The Balaban J connectivity index is 2.07. The number of ether oxygens (including phenoxy) is 1. The van der Waals surface area contributed by atoms with E-state index in [1.54, 1.807) is 0 Å². The van der Waals surface area contributed by atoms with E-state index in [4.69, 9.17) is 16.3 Å². The maximum absolute atomic E-state index is 12.5. The predicted molar refractivity (Wildman–Crippen MR) is 65.5 cm³/mol. The summed E-state index contributed by atoms with van der Waals surface area (Å²) in [6, 6.07) is 1.18. The number of aliphatic hydroxyl groups is 1. The van der Waals surface area contributed by atoms with Crippen molar-refractivity contribution < 1.29 is 23.0 Å². The summed E-state index contributed by atoms with van der Waals surface area (Å²) in [6.07, 6.45) is -3.85. The van der Waals surface area contributed by atoms with Gasteiger partial charge in [-0.25, -0.2) is 9.97 Å². The first-order valence-corrected chi connectivity index (χ1v) is 6.32. The van der Waals surface area contributed by atoms with Crippen LogP contribution in [0.4, 0.5) is 19.0 Å². The van der Waals surface area contributed by atoms with E-state index in [-0.39, 0.29) is 17.5 Å². The van der Waals surface area contributed by atoms with Crippen molar-refractivity contribution in [3.05, 3.63) is 17.0 Å². The SMILES string of the molecule is OC1(CNc2cc(Cl)nc(C(F)(F)F)n2)CCOCC1. The van der Waals surface area contributed by atoms with Gasteiger partial charge in [0.2, 0.25) is 5.82 Å². The molecule has 2 heterocycles. The van der Waals surface area contributed by atoms with E-state index in [0.717, 1.165) is 0 Å². The quantitative estimate of drug-likeness (QED) is 0.837. The van der Waals surface area contributed by atoms with E-state index in [0.29, 0.717) is 26.1 Å². The predicted octanol–water partition coefficient (Wildman–Crippen LogP) is 2.10. The second-order valence-corrected chi connectivity index (χ2v) is 4.97. The fourth-order valence-electron chi connectivity index (χ4n) is 1.82. The molecule has 2 rings (SSSR count). The minimum atomic E-state index is -4.67. The molecule has 0 atom stereocenters. The molecular weight excluding hydrogens is 299 g/mol. The zero-order chi connectivity index (χ0) is 14.8. The molecule has 112 valence electrons. The third-order valence-corrected chi connectivity index (χ3v) is 3.16. The Hall–Kier alpha value is -1.12. The third-order valence-electron chi connectivity index (χ3n) is 2.97. The van der Waals surface area contributed by atoms with E-state index >= 15 is 0 Å². The molecule has 0 amide bonds. The Labute approximate surface area is 118 Å². The van der Waals surface area contributed by atoms with Crippen molar-refractivity contribution in [3.63, 3.8) is 0 Å². The Morgan fingerprint density at radius 3 is 2.60 bits per heavy atom. The van der Waals surface area contributed by atoms with Crippen molar-refractivity contribution in [2.45, 2.75) is 24.6 Å². The van der Waals surface area contributed by atoms with Crippen molar-refractivity contribution in [2.24, 2.45) is 0 Å². The van der Waals surface area contributed by atoms with Gasteiger partial charge in [-0.1, -0.05) is 11.6 Å². The van der Waals surface area contributed by atoms with Gasteiger partial charge in [-0.05, 0) is 0 Å². The van der Waals surface area contributed by atoms with Gasteiger partial charge in [0.05, 0.1) is 5.60 Å². The van der Waals surface area contributed by atoms with E-state index in [2.05, 4.69) is 15.3 Å². The largest absolute Gasteiger partial charge is 0.451 e. The first-order valence-electron chi connectivity index (χ1n) is 5.94. The number of rotatable bonds is 3. The highest BCUT2D eigenvalue weighted by atomic mass is 35.5. The zero-order valence-electron chi connectivity index (χ0n) is 10.4. The Morgan fingerprint density at radius 2 is 2.00 bits per heavy atom. The molecule has 1 aliphatic rings. The van der Waals surface area contributed by atoms with Gasteiger partial charge in [-0.2, -0.15) is 13.2 Å². The number of anilines is 1. The monoisotopic (exact) mass is 311 g/mol. The van der Waals surface area contributed by atoms with Gasteiger partial charge >= 0.3 is 6.18 Å². The van der Waals surface area contributed by atoms with Crippen molar-refractivity contribution in [1.29, 1.82) is 0 Å². The van der Waals surface area contributed by atoms with Crippen LogP contribution in [-0.2, 0) is 10.9 Å². The maximum atomic E-state index is 12.5. The molecule has 2 N–H and O–H groups in total. The minimum Gasteiger partial charge on any atom is -0.388 e. The van der Waals surface area contributed by atoms with Crippen LogP contribution in [0.5, 0.6) is 0 Å². The zero-order valence-corrected chi connectivity index (χ0v) is 11.1. The fourth-order valence-corrected chi connectivity index (χ4v) is 2.00. The minimum absolute atomic E-state index is 0.0704. The molecular formula is C11H13ClF3N3O2. The number of alkyl halides is 3. The van der Waals surface area contributed by atoms with Crippen LogP contribution >= 0.6 is 11.6 Å². The van der Waals surface area contributed by atoms with Gasteiger partial charge in [0.25, 0.3) is 0 Å². The number of hydrogen-bond donors (Lipinski definition) is 2. The van der Waals surface area contributed by atoms with Gasteiger partial charge in [0, 0.05) is 38.7 Å². The van der Waals surface area contributed by atoms with Gasteiger partial charge in [0.1, 0.15) is 11.0 Å². The summed E-state index contributed by atoms with van der Waals surface area (Å²) in [4.78, 5) is 6.47. The number of hydrogen-bond acceptors (Lipinski definition) is 5. The lowest BCUT2D eigenvalue weighted by Gasteiger charge is -2.32. The molecule has 1 aromatic rings. The van der Waals surface area contributed by atoms with Crippen LogP contribution in [0, 0.1) is 0 Å². The highest BCUT2D eigenvalue weighted by Crippen LogP contribution is 2.28. The summed E-state index contributed by atoms with van der Waals surface area (Å²) < 4.78 is 42.7. The topological polar surface area (TPSA) is 67.3 Å². The molecule has 0 aromatic carbocycles. The number of aromatic nitrogens is 2. The summed E-state index contributed by atoms with van der Waals surface area (Å²) in [5.74, 6) is -1.39. The molecule has 1 aromatic heterocycles. The van der Waals surface area contributed by atoms with Crippen molar-refractivity contribution >= 4 is 17.4 Å². The molecule has 0 spiro atoms. The van der Waals surface area contributed by atoms with Crippen LogP contribution in [0.2, 0.25) is 5.15 Å². The van der Waals surface area contributed by atoms with E-state index in [9.17, 15) is 18.3 Å². The third kappa shape index (κ3) is 3.94. The summed E-state index contributed by atoms with van der Waals surface area (Å²) in [6.45, 7) is 0.897. The molecule has 9 heteroatoms.